The molecule has 0 saturated carbocycles. The van der Waals surface area contributed by atoms with Gasteiger partial charge in [-0.3, -0.25) is 4.55 Å². The molecule has 0 spiro atoms. The summed E-state index contributed by atoms with van der Waals surface area (Å²) in [6.07, 6.45) is 0.430. The molecule has 0 aliphatic heterocycles. The van der Waals surface area contributed by atoms with Crippen molar-refractivity contribution in [1.82, 2.24) is 4.98 Å². The van der Waals surface area contributed by atoms with Gasteiger partial charge in [0.15, 0.2) is 4.34 Å². The van der Waals surface area contributed by atoms with Gasteiger partial charge < -0.3 is 1.43 Å². The van der Waals surface area contributed by atoms with Crippen LogP contribution >= 0.6 is 23.1 Å². The molecule has 0 saturated heterocycles. The smallest absolute Gasteiger partial charge is 1.00 e. The number of aromatic nitrogens is 1. The summed E-state index contributed by atoms with van der Waals surface area (Å²) in [5.41, 5.74) is 0.967. The van der Waals surface area contributed by atoms with Gasteiger partial charge in [-0.1, -0.05) is 23.9 Å². The molecule has 0 fully saturated rings. The monoisotopic (exact) mass is 313 g/mol. The number of rotatable bonds is 5. The van der Waals surface area contributed by atoms with E-state index >= 15 is 0 Å². The van der Waals surface area contributed by atoms with Crippen molar-refractivity contribution in [2.75, 3.05) is 11.5 Å². The van der Waals surface area contributed by atoms with Crippen LogP contribution in [0.4, 0.5) is 0 Å². The van der Waals surface area contributed by atoms with E-state index in [1.165, 1.54) is 11.8 Å². The quantitative estimate of drug-likeness (QED) is 0.358. The average molecular weight is 313 g/mol. The molecule has 1 aromatic carbocycles. The first-order valence-electron chi connectivity index (χ1n) is 4.98. The second kappa shape index (κ2) is 7.23. The van der Waals surface area contributed by atoms with Crippen LogP contribution in [0.5, 0.6) is 0 Å². The fourth-order valence-corrected chi connectivity index (χ4v) is 4.08. The van der Waals surface area contributed by atoms with Crippen LogP contribution in [0, 0.1) is 0 Å². The van der Waals surface area contributed by atoms with Crippen molar-refractivity contribution in [3.63, 3.8) is 0 Å². The van der Waals surface area contributed by atoms with E-state index < -0.39 is 10.1 Å². The molecule has 4 nitrogen and oxygen atoms in total. The van der Waals surface area contributed by atoms with Crippen LogP contribution in [-0.4, -0.2) is 29.5 Å². The Morgan fingerprint density at radius 3 is 2.78 bits per heavy atom. The van der Waals surface area contributed by atoms with Gasteiger partial charge in [-0.15, -0.1) is 11.3 Å². The number of para-hydroxylation sites is 1. The van der Waals surface area contributed by atoms with Gasteiger partial charge in [-0.2, -0.15) is 8.42 Å². The summed E-state index contributed by atoms with van der Waals surface area (Å²) in [6, 6.07) is 7.87. The second-order valence-corrected chi connectivity index (χ2v) is 7.38. The largest absolute Gasteiger partial charge is 1.00 e. The van der Waals surface area contributed by atoms with Crippen LogP contribution in [0.1, 0.15) is 7.85 Å². The third kappa shape index (κ3) is 5.16. The van der Waals surface area contributed by atoms with E-state index in [9.17, 15) is 8.42 Å². The van der Waals surface area contributed by atoms with Crippen LogP contribution < -0.4 is 29.6 Å². The molecule has 2 aromatic rings. The van der Waals surface area contributed by atoms with Crippen molar-refractivity contribution in [2.45, 2.75) is 10.8 Å². The molecule has 0 atom stereocenters. The van der Waals surface area contributed by atoms with Crippen LogP contribution in [0.15, 0.2) is 28.6 Å². The normalized spacial score (nSPS) is 11.4. The average Bonchev–Trinajstić information content (AvgIpc) is 2.65. The Morgan fingerprint density at radius 1 is 1.39 bits per heavy atom. The molecule has 0 amide bonds. The Kier molecular flexibility index (Phi) is 6.60. The minimum absolute atomic E-state index is 0. The maximum absolute atomic E-state index is 10.5. The van der Waals surface area contributed by atoms with Crippen LogP contribution in [0.3, 0.4) is 0 Å². The molecule has 0 aliphatic carbocycles. The van der Waals surface area contributed by atoms with E-state index in [1.54, 1.807) is 11.3 Å². The van der Waals surface area contributed by atoms with Crippen LogP contribution in [0.25, 0.3) is 10.2 Å². The van der Waals surface area contributed by atoms with Gasteiger partial charge in [0.2, 0.25) is 0 Å². The van der Waals surface area contributed by atoms with E-state index in [1.807, 2.05) is 24.3 Å². The zero-order chi connectivity index (χ0) is 12.3. The number of nitrogens with zero attached hydrogens (tertiary/aromatic N) is 1. The molecule has 94 valence electrons. The Hall–Kier alpha value is 0.370. The first-order valence-corrected chi connectivity index (χ1v) is 8.39. The summed E-state index contributed by atoms with van der Waals surface area (Å²) in [4.78, 5) is 4.42. The Bertz CT molecular complexity index is 584. The third-order valence-electron chi connectivity index (χ3n) is 2.05. The molecule has 0 aliphatic rings. The summed E-state index contributed by atoms with van der Waals surface area (Å²) in [6.45, 7) is 0. The molecule has 0 unspecified atom stereocenters. The maximum Gasteiger partial charge on any atom is 1.00 e. The number of thioether (sulfide) groups is 1. The van der Waals surface area contributed by atoms with Crippen molar-refractivity contribution >= 4 is 43.4 Å². The number of benzene rings is 1. The topological polar surface area (TPSA) is 67.3 Å². The fraction of sp³-hybridized carbons (Fsp3) is 0.300. The van der Waals surface area contributed by atoms with Crippen LogP contribution in [-0.2, 0) is 10.1 Å². The summed E-state index contributed by atoms with van der Waals surface area (Å²) in [5, 5.41) is 0. The van der Waals surface area contributed by atoms with Crippen molar-refractivity contribution in [2.24, 2.45) is 0 Å². The van der Waals surface area contributed by atoms with E-state index in [2.05, 4.69) is 4.98 Å². The zero-order valence-electron chi connectivity index (χ0n) is 10.9. The molecule has 18 heavy (non-hydrogen) atoms. The van der Waals surface area contributed by atoms with Gasteiger partial charge in [0.25, 0.3) is 10.1 Å². The SMILES string of the molecule is O=S(=O)(O)CCCSc1nc2ccccc2s1.[H-].[Na+]. The minimum Gasteiger partial charge on any atom is -1.00 e. The fourth-order valence-electron chi connectivity index (χ4n) is 1.31. The predicted octanol–water partition coefficient (Wildman–Crippen LogP) is -0.217. The van der Waals surface area contributed by atoms with Crippen LogP contribution in [0.2, 0.25) is 0 Å². The van der Waals surface area contributed by atoms with E-state index in [-0.39, 0.29) is 36.7 Å². The molecular weight excluding hydrogens is 301 g/mol. The molecular formula is C10H12NNaO3S3. The number of thiazole rings is 1. The molecule has 0 bridgehead atoms. The van der Waals surface area contributed by atoms with Crippen molar-refractivity contribution in [3.8, 4) is 0 Å². The summed E-state index contributed by atoms with van der Waals surface area (Å²) < 4.78 is 31.7. The zero-order valence-corrected chi connectivity index (χ0v) is 14.3. The maximum atomic E-state index is 10.5. The van der Waals surface area contributed by atoms with Crippen molar-refractivity contribution < 1.29 is 44.0 Å². The molecule has 1 aromatic heterocycles. The molecule has 8 heteroatoms. The number of hydrogen-bond acceptors (Lipinski definition) is 5. The molecule has 1 N–H and O–H groups in total. The summed E-state index contributed by atoms with van der Waals surface area (Å²) in [7, 11) is -3.83. The summed E-state index contributed by atoms with van der Waals surface area (Å²) in [5.74, 6) is 0.449. The van der Waals surface area contributed by atoms with Gasteiger partial charge in [-0.25, -0.2) is 4.98 Å². The standard InChI is InChI=1S/C10H11NO3S3.Na.H/c12-17(13,14)7-3-6-15-10-11-8-4-1-2-5-9(8)16-10;;/h1-2,4-5H,3,6-7H2,(H,12,13,14);;/q;+1;-1. The van der Waals surface area contributed by atoms with Gasteiger partial charge in [0.1, 0.15) is 0 Å². The van der Waals surface area contributed by atoms with E-state index in [0.717, 1.165) is 14.6 Å². The van der Waals surface area contributed by atoms with Gasteiger partial charge in [-0.05, 0) is 18.6 Å². The first kappa shape index (κ1) is 16.4. The van der Waals surface area contributed by atoms with Gasteiger partial charge in [0, 0.05) is 5.75 Å². The first-order chi connectivity index (χ1) is 8.04. The van der Waals surface area contributed by atoms with Gasteiger partial charge in [0.05, 0.1) is 16.0 Å². The molecule has 2 rings (SSSR count). The predicted molar refractivity (Wildman–Crippen MR) is 72.5 cm³/mol. The van der Waals surface area contributed by atoms with E-state index in [0.29, 0.717) is 12.2 Å². The van der Waals surface area contributed by atoms with Crippen molar-refractivity contribution in [1.29, 1.82) is 0 Å². The number of hydrogen-bond donors (Lipinski definition) is 1. The second-order valence-electron chi connectivity index (χ2n) is 3.44. The molecule has 0 radical (unpaired) electrons. The number of fused-ring (bicyclic) bond motifs is 1. The Labute approximate surface area is 138 Å². The van der Waals surface area contributed by atoms with E-state index in [4.69, 9.17) is 4.55 Å². The Morgan fingerprint density at radius 2 is 2.11 bits per heavy atom. The third-order valence-corrected chi connectivity index (χ3v) is 5.12. The minimum atomic E-state index is -3.83. The molecule has 1 heterocycles. The van der Waals surface area contributed by atoms with Crippen molar-refractivity contribution in [3.05, 3.63) is 24.3 Å². The summed E-state index contributed by atoms with van der Waals surface area (Å²) >= 11 is 3.11. The van der Waals surface area contributed by atoms with Gasteiger partial charge >= 0.3 is 29.6 Å². The Balaban J connectivity index is 0.00000162.